The van der Waals surface area contributed by atoms with Crippen molar-refractivity contribution in [2.45, 2.75) is 60.1 Å². The molecule has 0 radical (unpaired) electrons. The molecule has 2 fully saturated rings. The molecule has 0 saturated carbocycles. The van der Waals surface area contributed by atoms with E-state index >= 15 is 0 Å². The summed E-state index contributed by atoms with van der Waals surface area (Å²) >= 11 is 3.49. The minimum Gasteiger partial charge on any atom is -0.459 e. The molecule has 9 rings (SSSR count). The van der Waals surface area contributed by atoms with Crippen molar-refractivity contribution in [2.24, 2.45) is 0 Å². The molecule has 2 heterocycles. The van der Waals surface area contributed by atoms with E-state index in [1.165, 1.54) is 84.9 Å². The van der Waals surface area contributed by atoms with Crippen LogP contribution in [0, 0.1) is 0 Å². The zero-order valence-electron chi connectivity index (χ0n) is 41.7. The lowest BCUT2D eigenvalue weighted by Crippen LogP contribution is -2.64. The van der Waals surface area contributed by atoms with Gasteiger partial charge in [-0.05, 0) is 84.9 Å². The molecule has 0 spiro atoms. The minimum atomic E-state index is -1.84. The van der Waals surface area contributed by atoms with Gasteiger partial charge in [0.25, 0.3) is 0 Å². The van der Waals surface area contributed by atoms with Crippen LogP contribution in [-0.4, -0.2) is 115 Å². The monoisotopic (exact) mass is 1130 g/mol. The summed E-state index contributed by atoms with van der Waals surface area (Å²) < 4.78 is 62.4. The average Bonchev–Trinajstić information content (AvgIpc) is 3.59. The van der Waals surface area contributed by atoms with E-state index < -0.39 is 115 Å². The molecule has 2 aliphatic heterocycles. The number of carbonyl (C=O) groups excluding carboxylic acids is 7. The highest BCUT2D eigenvalue weighted by molar-refractivity contribution is 9.09. The van der Waals surface area contributed by atoms with Crippen LogP contribution >= 0.6 is 15.9 Å². The second-order valence-electron chi connectivity index (χ2n) is 17.8. The number of carbonyl (C=O) groups is 7. The molecule has 0 unspecified atom stereocenters. The number of benzene rings is 7. The van der Waals surface area contributed by atoms with E-state index in [4.69, 9.17) is 47.4 Å². The van der Waals surface area contributed by atoms with Crippen molar-refractivity contribution in [2.75, 3.05) is 13.2 Å². The van der Waals surface area contributed by atoms with Crippen LogP contribution in [0.15, 0.2) is 212 Å². The van der Waals surface area contributed by atoms with E-state index in [9.17, 15) is 33.6 Å². The van der Waals surface area contributed by atoms with Gasteiger partial charge in [-0.3, -0.25) is 0 Å². The predicted molar refractivity (Wildman–Crippen MR) is 283 cm³/mol. The number of hydrogen-bond acceptors (Lipinski definition) is 17. The van der Waals surface area contributed by atoms with Crippen LogP contribution in [0.2, 0.25) is 0 Å². The van der Waals surface area contributed by atoms with Gasteiger partial charge in [0.1, 0.15) is 18.8 Å². The summed E-state index contributed by atoms with van der Waals surface area (Å²) in [5.74, 6) is -6.24. The number of alkyl halides is 1. The van der Waals surface area contributed by atoms with Crippen molar-refractivity contribution in [3.05, 3.63) is 251 Å². The minimum absolute atomic E-state index is 0.0518. The summed E-state index contributed by atoms with van der Waals surface area (Å²) in [5, 5.41) is -1.31. The first-order valence-electron chi connectivity index (χ1n) is 24.9. The fourth-order valence-electron chi connectivity index (χ4n) is 8.55. The van der Waals surface area contributed by atoms with Crippen LogP contribution < -0.4 is 0 Å². The van der Waals surface area contributed by atoms with Gasteiger partial charge in [0.05, 0.1) is 45.6 Å². The van der Waals surface area contributed by atoms with Crippen molar-refractivity contribution in [3.8, 4) is 0 Å². The van der Waals surface area contributed by atoms with Crippen LogP contribution in [-0.2, 0) is 47.4 Å². The van der Waals surface area contributed by atoms with Gasteiger partial charge < -0.3 is 47.4 Å². The molecule has 0 aliphatic carbocycles. The first kappa shape index (κ1) is 55.0. The fraction of sp³-hybridized carbons (Fsp3) is 0.197. The Morgan fingerprint density at radius 1 is 0.304 bits per heavy atom. The number of hydrogen-bond donors (Lipinski definition) is 0. The second kappa shape index (κ2) is 26.5. The maximum absolute atomic E-state index is 14.3. The van der Waals surface area contributed by atoms with Crippen molar-refractivity contribution < 1.29 is 80.9 Å². The van der Waals surface area contributed by atoms with Gasteiger partial charge in [0, 0.05) is 0 Å². The molecule has 0 N–H and O–H groups in total. The number of esters is 7. The van der Waals surface area contributed by atoms with Gasteiger partial charge >= 0.3 is 41.8 Å². The van der Waals surface area contributed by atoms with Crippen LogP contribution in [0.25, 0.3) is 0 Å². The van der Waals surface area contributed by atoms with E-state index in [2.05, 4.69) is 15.9 Å². The van der Waals surface area contributed by atoms with E-state index in [0.717, 1.165) is 0 Å². The van der Waals surface area contributed by atoms with Crippen molar-refractivity contribution in [3.63, 3.8) is 0 Å². The Bertz CT molecular complexity index is 3170. The summed E-state index contributed by atoms with van der Waals surface area (Å²) in [6, 6.07) is 55.3. The normalized spacial score (nSPS) is 22.4. The Balaban J connectivity index is 1.12. The molecule has 7 aromatic rings. The van der Waals surface area contributed by atoms with Crippen molar-refractivity contribution >= 4 is 57.7 Å². The number of halogens is 1. The van der Waals surface area contributed by atoms with Crippen molar-refractivity contribution in [1.29, 1.82) is 0 Å². The highest BCUT2D eigenvalue weighted by Gasteiger charge is 2.56. The SMILES string of the molecule is O=C(OC[C@H]1O[C@H](OC[C@H]2O[C@H](Br)[C@@H](OC(=O)c3ccccc3)[C@@H](OC(=O)c3ccccc3)[C@@H]2OC(=O)c2ccccc2)[C@@H](OC(=O)c2ccccc2)[C@@H](OC(=O)c2ccccc2)[C@@H]1OC(=O)c1ccccc1)c1ccccc1. The van der Waals surface area contributed by atoms with Crippen LogP contribution in [0.3, 0.4) is 0 Å². The van der Waals surface area contributed by atoms with Crippen LogP contribution in [0.5, 0.6) is 0 Å². The van der Waals surface area contributed by atoms with Crippen molar-refractivity contribution in [1.82, 2.24) is 0 Å². The molecule has 79 heavy (non-hydrogen) atoms. The molecule has 10 atom stereocenters. The second-order valence-corrected chi connectivity index (χ2v) is 18.7. The van der Waals surface area contributed by atoms with Gasteiger partial charge in [0.2, 0.25) is 0 Å². The maximum atomic E-state index is 14.3. The van der Waals surface area contributed by atoms with E-state index in [0.29, 0.717) is 0 Å². The highest BCUT2D eigenvalue weighted by atomic mass is 79.9. The fourth-order valence-corrected chi connectivity index (χ4v) is 9.24. The first-order valence-corrected chi connectivity index (χ1v) is 25.8. The molecule has 0 bridgehead atoms. The highest BCUT2D eigenvalue weighted by Crippen LogP contribution is 2.36. The summed E-state index contributed by atoms with van der Waals surface area (Å²) in [5.41, 5.74) is 0.683. The topological polar surface area (TPSA) is 212 Å². The lowest BCUT2D eigenvalue weighted by molar-refractivity contribution is -0.308. The van der Waals surface area contributed by atoms with Gasteiger partial charge in [-0.25, -0.2) is 33.6 Å². The predicted octanol–water partition coefficient (Wildman–Crippen LogP) is 9.06. The Kier molecular flexibility index (Phi) is 18.4. The molecule has 2 aliphatic rings. The summed E-state index contributed by atoms with van der Waals surface area (Å²) in [7, 11) is 0. The molecule has 402 valence electrons. The van der Waals surface area contributed by atoms with E-state index in [-0.39, 0.29) is 38.9 Å². The summed E-state index contributed by atoms with van der Waals surface area (Å²) in [6.45, 7) is -1.34. The third-order valence-electron chi connectivity index (χ3n) is 12.5. The lowest BCUT2D eigenvalue weighted by atomic mass is 9.97. The largest absolute Gasteiger partial charge is 0.459 e. The van der Waals surface area contributed by atoms with Gasteiger partial charge in [-0.2, -0.15) is 0 Å². The molecular weight excluding hydrogens is 1080 g/mol. The summed E-state index contributed by atoms with van der Waals surface area (Å²) in [4.78, 5) is 98.3. The molecular formula is C61H49BrO17. The smallest absolute Gasteiger partial charge is 0.338 e. The van der Waals surface area contributed by atoms with Gasteiger partial charge in [-0.1, -0.05) is 143 Å². The van der Waals surface area contributed by atoms with Crippen LogP contribution in [0.1, 0.15) is 72.5 Å². The molecule has 0 aromatic heterocycles. The lowest BCUT2D eigenvalue weighted by Gasteiger charge is -2.46. The first-order chi connectivity index (χ1) is 38.5. The van der Waals surface area contributed by atoms with E-state index in [1.807, 2.05) is 0 Å². The molecule has 2 saturated heterocycles. The van der Waals surface area contributed by atoms with Gasteiger partial charge in [-0.15, -0.1) is 0 Å². The average molecular weight is 1130 g/mol. The quantitative estimate of drug-likeness (QED) is 0.0445. The third-order valence-corrected chi connectivity index (χ3v) is 13.2. The molecule has 7 aromatic carbocycles. The zero-order chi connectivity index (χ0) is 55.1. The number of ether oxygens (including phenoxy) is 10. The zero-order valence-corrected chi connectivity index (χ0v) is 43.3. The van der Waals surface area contributed by atoms with E-state index in [1.54, 1.807) is 127 Å². The molecule has 17 nitrogen and oxygen atoms in total. The molecule has 18 heteroatoms. The Morgan fingerprint density at radius 2 is 0.557 bits per heavy atom. The summed E-state index contributed by atoms with van der Waals surface area (Å²) in [6.07, 6.45) is -15.0. The maximum Gasteiger partial charge on any atom is 0.338 e. The number of rotatable bonds is 18. The van der Waals surface area contributed by atoms with Crippen LogP contribution in [0.4, 0.5) is 0 Å². The standard InChI is InChI=1S/C61H49BrO17/c62-53-51(78-59(68)43-32-18-6-19-33-43)49(76-57(66)41-28-14-4-15-29-41)47(74-55(64)39-24-10-2-11-25-39)45(72-53)37-71-61-52(79-60(69)44-34-20-7-21-35-44)50(77-58(67)42-30-16-5-17-31-42)48(75-56(65)40-26-12-3-13-27-40)46(73-61)36-70-54(63)38-22-8-1-9-23-38/h1-35,45-53,61H,36-37H2/t45-,46-,47-,48-,49+,50+,51+,52+,53+,61+/m1/s1. The Hall–Kier alpha value is -8.81. The Labute approximate surface area is 461 Å². The Morgan fingerprint density at radius 3 is 0.886 bits per heavy atom. The van der Waals surface area contributed by atoms with Gasteiger partial charge in [0.15, 0.2) is 47.9 Å². The third kappa shape index (κ3) is 14.0. The molecule has 0 amide bonds.